The van der Waals surface area contributed by atoms with E-state index < -0.39 is 4.92 Å². The number of benzene rings is 2. The Hall–Kier alpha value is -2.08. The lowest BCUT2D eigenvalue weighted by molar-refractivity contribution is -0.385. The minimum atomic E-state index is -0.493. The summed E-state index contributed by atoms with van der Waals surface area (Å²) in [7, 11) is 1.49. The van der Waals surface area contributed by atoms with Gasteiger partial charge >= 0.3 is 5.69 Å². The van der Waals surface area contributed by atoms with Crippen LogP contribution in [0.4, 0.5) is 5.69 Å². The van der Waals surface area contributed by atoms with Gasteiger partial charge in [0, 0.05) is 16.6 Å². The van der Waals surface area contributed by atoms with Gasteiger partial charge in [0.1, 0.15) is 11.5 Å². The van der Waals surface area contributed by atoms with Crippen LogP contribution >= 0.6 is 15.9 Å². The maximum absolute atomic E-state index is 11.0. The Kier molecular flexibility index (Phi) is 4.01. The van der Waals surface area contributed by atoms with Crippen LogP contribution in [0.3, 0.4) is 0 Å². The largest absolute Gasteiger partial charge is 0.497 e. The van der Waals surface area contributed by atoms with Crippen molar-refractivity contribution in [3.63, 3.8) is 0 Å². The summed E-state index contributed by atoms with van der Waals surface area (Å²) in [4.78, 5) is 10.5. The van der Waals surface area contributed by atoms with Gasteiger partial charge in [0.2, 0.25) is 5.75 Å². The summed E-state index contributed by atoms with van der Waals surface area (Å²) < 4.78 is 11.4. The average molecular weight is 324 g/mol. The Balaban J connectivity index is 2.39. The summed E-state index contributed by atoms with van der Waals surface area (Å²) in [5.41, 5.74) is -0.110. The third-order valence-electron chi connectivity index (χ3n) is 2.39. The van der Waals surface area contributed by atoms with Crippen molar-refractivity contribution in [1.82, 2.24) is 0 Å². The standard InChI is InChI=1S/C13H10BrNO4/c1-18-10-5-6-12(15(16)17)13(8-10)19-11-4-2-3-9(14)7-11/h2-8H,1H3. The normalized spacial score (nSPS) is 10.0. The summed E-state index contributed by atoms with van der Waals surface area (Å²) in [6.45, 7) is 0. The molecule has 0 aliphatic carbocycles. The SMILES string of the molecule is COc1ccc([N+](=O)[O-])c(Oc2cccc(Br)c2)c1. The van der Waals surface area contributed by atoms with E-state index in [1.54, 1.807) is 18.2 Å². The van der Waals surface area contributed by atoms with Crippen molar-refractivity contribution in [2.24, 2.45) is 0 Å². The fraction of sp³-hybridized carbons (Fsp3) is 0.0769. The third kappa shape index (κ3) is 3.23. The highest BCUT2D eigenvalue weighted by molar-refractivity contribution is 9.10. The topological polar surface area (TPSA) is 61.6 Å². The lowest BCUT2D eigenvalue weighted by atomic mass is 10.2. The molecule has 0 fully saturated rings. The summed E-state index contributed by atoms with van der Waals surface area (Å²) in [6.07, 6.45) is 0. The second-order valence-corrected chi connectivity index (χ2v) is 4.57. The number of hydrogen-bond donors (Lipinski definition) is 0. The first kappa shape index (κ1) is 13.4. The molecule has 0 bridgehead atoms. The zero-order chi connectivity index (χ0) is 13.8. The Labute approximate surface area is 118 Å². The molecule has 2 aromatic rings. The summed E-state index contributed by atoms with van der Waals surface area (Å²) in [5, 5.41) is 11.0. The minimum Gasteiger partial charge on any atom is -0.497 e. The first-order chi connectivity index (χ1) is 9.10. The van der Waals surface area contributed by atoms with E-state index in [9.17, 15) is 10.1 Å². The van der Waals surface area contributed by atoms with Crippen LogP contribution in [0.2, 0.25) is 0 Å². The smallest absolute Gasteiger partial charge is 0.311 e. The van der Waals surface area contributed by atoms with Crippen LogP contribution in [-0.2, 0) is 0 Å². The Morgan fingerprint density at radius 2 is 1.95 bits per heavy atom. The van der Waals surface area contributed by atoms with E-state index >= 15 is 0 Å². The van der Waals surface area contributed by atoms with Crippen molar-refractivity contribution in [3.05, 3.63) is 57.1 Å². The number of nitro benzene ring substituents is 1. The van der Waals surface area contributed by atoms with Crippen molar-refractivity contribution in [3.8, 4) is 17.2 Å². The quantitative estimate of drug-likeness (QED) is 0.626. The molecule has 0 unspecified atom stereocenters. The van der Waals surface area contributed by atoms with Crippen LogP contribution in [0.1, 0.15) is 0 Å². The number of nitro groups is 1. The number of nitrogens with zero attached hydrogens (tertiary/aromatic N) is 1. The van der Waals surface area contributed by atoms with E-state index in [1.165, 1.54) is 25.3 Å². The van der Waals surface area contributed by atoms with Gasteiger partial charge in [-0.2, -0.15) is 0 Å². The van der Waals surface area contributed by atoms with Crippen molar-refractivity contribution < 1.29 is 14.4 Å². The molecule has 19 heavy (non-hydrogen) atoms. The predicted octanol–water partition coefficient (Wildman–Crippen LogP) is 4.16. The van der Waals surface area contributed by atoms with Gasteiger partial charge in [-0.25, -0.2) is 0 Å². The molecule has 6 heteroatoms. The fourth-order valence-electron chi connectivity index (χ4n) is 1.51. The molecule has 0 atom stereocenters. The maximum atomic E-state index is 11.0. The van der Waals surface area contributed by atoms with Crippen molar-refractivity contribution >= 4 is 21.6 Å². The van der Waals surface area contributed by atoms with Gasteiger partial charge in [-0.3, -0.25) is 10.1 Å². The van der Waals surface area contributed by atoms with Gasteiger partial charge in [-0.05, 0) is 24.3 Å². The van der Waals surface area contributed by atoms with E-state index in [2.05, 4.69) is 15.9 Å². The molecule has 5 nitrogen and oxygen atoms in total. The number of ether oxygens (including phenoxy) is 2. The first-order valence-electron chi connectivity index (χ1n) is 5.36. The van der Waals surface area contributed by atoms with Crippen LogP contribution in [0, 0.1) is 10.1 Å². The third-order valence-corrected chi connectivity index (χ3v) is 2.88. The van der Waals surface area contributed by atoms with Crippen LogP contribution in [0.15, 0.2) is 46.9 Å². The molecule has 0 aromatic heterocycles. The molecule has 0 heterocycles. The second kappa shape index (κ2) is 5.71. The number of methoxy groups -OCH3 is 1. The summed E-state index contributed by atoms with van der Waals surface area (Å²) >= 11 is 3.31. The molecule has 0 amide bonds. The maximum Gasteiger partial charge on any atom is 0.311 e. The Bertz CT molecular complexity index is 615. The van der Waals surface area contributed by atoms with E-state index in [4.69, 9.17) is 9.47 Å². The fourth-order valence-corrected chi connectivity index (χ4v) is 1.89. The van der Waals surface area contributed by atoms with Gasteiger partial charge in [-0.1, -0.05) is 22.0 Å². The lowest BCUT2D eigenvalue weighted by Gasteiger charge is -2.08. The summed E-state index contributed by atoms with van der Waals surface area (Å²) in [5.74, 6) is 1.14. The molecule has 0 saturated heterocycles. The van der Waals surface area contributed by atoms with Gasteiger partial charge in [-0.15, -0.1) is 0 Å². The van der Waals surface area contributed by atoms with E-state index in [-0.39, 0.29) is 11.4 Å². The van der Waals surface area contributed by atoms with E-state index in [1.807, 2.05) is 6.07 Å². The Morgan fingerprint density at radius 1 is 1.16 bits per heavy atom. The molecule has 0 aliphatic heterocycles. The van der Waals surface area contributed by atoms with Crippen molar-refractivity contribution in [2.75, 3.05) is 7.11 Å². The number of halogens is 1. The molecule has 0 aliphatic rings. The average Bonchev–Trinajstić information content (AvgIpc) is 2.38. The zero-order valence-electron chi connectivity index (χ0n) is 10.00. The van der Waals surface area contributed by atoms with Crippen LogP contribution in [-0.4, -0.2) is 12.0 Å². The lowest BCUT2D eigenvalue weighted by Crippen LogP contribution is -1.94. The molecule has 2 aromatic carbocycles. The molecule has 0 N–H and O–H groups in total. The van der Waals surface area contributed by atoms with Gasteiger partial charge in [0.15, 0.2) is 0 Å². The van der Waals surface area contributed by atoms with Crippen molar-refractivity contribution in [1.29, 1.82) is 0 Å². The number of rotatable bonds is 4. The predicted molar refractivity (Wildman–Crippen MR) is 73.9 cm³/mol. The van der Waals surface area contributed by atoms with Crippen LogP contribution < -0.4 is 9.47 Å². The van der Waals surface area contributed by atoms with Crippen LogP contribution in [0.25, 0.3) is 0 Å². The molecule has 0 saturated carbocycles. The number of hydrogen-bond acceptors (Lipinski definition) is 4. The molecule has 98 valence electrons. The second-order valence-electron chi connectivity index (χ2n) is 3.65. The monoisotopic (exact) mass is 323 g/mol. The summed E-state index contributed by atoms with van der Waals surface area (Å²) in [6, 6.07) is 11.4. The van der Waals surface area contributed by atoms with Gasteiger partial charge in [0.25, 0.3) is 0 Å². The molecular formula is C13H10BrNO4. The first-order valence-corrected chi connectivity index (χ1v) is 6.15. The highest BCUT2D eigenvalue weighted by Gasteiger charge is 2.16. The van der Waals surface area contributed by atoms with Crippen LogP contribution in [0.5, 0.6) is 17.2 Å². The molecule has 0 radical (unpaired) electrons. The zero-order valence-corrected chi connectivity index (χ0v) is 11.6. The molecular weight excluding hydrogens is 314 g/mol. The highest BCUT2D eigenvalue weighted by atomic mass is 79.9. The molecule has 2 rings (SSSR count). The van der Waals surface area contributed by atoms with Crippen molar-refractivity contribution in [2.45, 2.75) is 0 Å². The highest BCUT2D eigenvalue weighted by Crippen LogP contribution is 2.35. The Morgan fingerprint density at radius 3 is 2.58 bits per heavy atom. The molecule has 0 spiro atoms. The van der Waals surface area contributed by atoms with Gasteiger partial charge in [0.05, 0.1) is 12.0 Å². The minimum absolute atomic E-state index is 0.110. The van der Waals surface area contributed by atoms with E-state index in [0.717, 1.165) is 4.47 Å². The van der Waals surface area contributed by atoms with Gasteiger partial charge < -0.3 is 9.47 Å². The van der Waals surface area contributed by atoms with E-state index in [0.29, 0.717) is 11.5 Å².